The molecule has 1 aromatic carbocycles. The van der Waals surface area contributed by atoms with Crippen molar-refractivity contribution in [1.82, 2.24) is 0 Å². The van der Waals surface area contributed by atoms with E-state index < -0.39 is 0 Å². The van der Waals surface area contributed by atoms with E-state index in [-0.39, 0.29) is 0 Å². The first-order valence-corrected chi connectivity index (χ1v) is 3.07. The summed E-state index contributed by atoms with van der Waals surface area (Å²) >= 11 is 0.611. The van der Waals surface area contributed by atoms with Gasteiger partial charge >= 0.3 is 20.0 Å². The molecule has 2 nitrogen and oxygen atoms in total. The molecule has 1 aromatic rings. The van der Waals surface area contributed by atoms with Gasteiger partial charge in [0.1, 0.15) is 0 Å². The van der Waals surface area contributed by atoms with Crippen LogP contribution in [0.15, 0.2) is 30.3 Å². The monoisotopic (exact) mass is 137 g/mol. The standard InChI is InChI=1S/C6H7N.Al.O.H/c7-6-4-2-1-3-5-6;;;/h1-5H,7H2;;;. The molecule has 0 heterocycles. The van der Waals surface area contributed by atoms with E-state index in [9.17, 15) is 0 Å². The second-order valence-corrected chi connectivity index (χ2v) is 1.41. The Bertz CT molecular complexity index is 154. The number of benzene rings is 1. The van der Waals surface area contributed by atoms with Gasteiger partial charge in [0.15, 0.2) is 0 Å². The van der Waals surface area contributed by atoms with Crippen molar-refractivity contribution in [2.45, 2.75) is 0 Å². The van der Waals surface area contributed by atoms with Gasteiger partial charge in [0.25, 0.3) is 0 Å². The minimum atomic E-state index is 0.611. The zero-order valence-corrected chi connectivity index (χ0v) is 6.49. The van der Waals surface area contributed by atoms with Crippen molar-refractivity contribution in [1.29, 1.82) is 0 Å². The van der Waals surface area contributed by atoms with Crippen molar-refractivity contribution in [2.24, 2.45) is 0 Å². The summed E-state index contributed by atoms with van der Waals surface area (Å²) in [6, 6.07) is 9.49. The predicted octanol–water partition coefficient (Wildman–Crippen LogP) is 0.502. The number of rotatable bonds is 0. The summed E-state index contributed by atoms with van der Waals surface area (Å²) in [5.41, 5.74) is 6.18. The molecule has 1 rings (SSSR count). The Balaban J connectivity index is 0.000000291. The van der Waals surface area contributed by atoms with Crippen molar-refractivity contribution in [3.8, 4) is 0 Å². The molecule has 0 saturated heterocycles. The Hall–Kier alpha value is -0.648. The van der Waals surface area contributed by atoms with E-state index in [4.69, 9.17) is 9.54 Å². The average molecular weight is 137 g/mol. The van der Waals surface area contributed by atoms with Crippen molar-refractivity contribution in [3.05, 3.63) is 30.3 Å². The van der Waals surface area contributed by atoms with Gasteiger partial charge in [-0.15, -0.1) is 0 Å². The first-order chi connectivity index (χ1) is 4.39. The van der Waals surface area contributed by atoms with Crippen molar-refractivity contribution in [3.63, 3.8) is 0 Å². The fraction of sp³-hybridized carbons (Fsp3) is 0. The van der Waals surface area contributed by atoms with E-state index in [1.54, 1.807) is 0 Å². The van der Waals surface area contributed by atoms with Crippen LogP contribution in [0.1, 0.15) is 0 Å². The molecule has 0 unspecified atom stereocenters. The molecule has 3 heteroatoms. The number of nitrogens with two attached hydrogens (primary N) is 1. The average Bonchev–Trinajstić information content (AvgIpc) is 1.94. The molecule has 0 radical (unpaired) electrons. The number of anilines is 1. The van der Waals surface area contributed by atoms with Gasteiger partial charge in [0.2, 0.25) is 0 Å². The fourth-order valence-electron chi connectivity index (χ4n) is 0.453. The van der Waals surface area contributed by atoms with Gasteiger partial charge in [0, 0.05) is 5.69 Å². The fourth-order valence-corrected chi connectivity index (χ4v) is 0.453. The third-order valence-corrected chi connectivity index (χ3v) is 0.800. The Kier molecular flexibility index (Phi) is 5.09. The van der Waals surface area contributed by atoms with E-state index >= 15 is 0 Å². The molecular formula is C6H8AlNO. The van der Waals surface area contributed by atoms with Crippen LogP contribution in [0.4, 0.5) is 5.69 Å². The van der Waals surface area contributed by atoms with Gasteiger partial charge in [-0.05, 0) is 12.1 Å². The van der Waals surface area contributed by atoms with Crippen LogP contribution in [0, 0.1) is 0 Å². The molecule has 0 aliphatic carbocycles. The van der Waals surface area contributed by atoms with E-state index in [2.05, 4.69) is 0 Å². The van der Waals surface area contributed by atoms with E-state index in [0.717, 1.165) is 5.69 Å². The number of nitrogen functional groups attached to an aromatic ring is 1. The number of para-hydroxylation sites is 1. The summed E-state index contributed by atoms with van der Waals surface area (Å²) in [5.74, 6) is 0. The molecule has 9 heavy (non-hydrogen) atoms. The Morgan fingerprint density at radius 2 is 1.56 bits per heavy atom. The van der Waals surface area contributed by atoms with Gasteiger partial charge in [-0.2, -0.15) is 0 Å². The Morgan fingerprint density at radius 3 is 1.78 bits per heavy atom. The normalized spacial score (nSPS) is 7.00. The second-order valence-electron chi connectivity index (χ2n) is 1.41. The van der Waals surface area contributed by atoms with E-state index in [0.29, 0.717) is 16.2 Å². The number of hydrogen-bond donors (Lipinski definition) is 1. The molecule has 46 valence electrons. The van der Waals surface area contributed by atoms with Gasteiger partial charge in [-0.1, -0.05) is 18.2 Å². The zero-order chi connectivity index (χ0) is 7.11. The van der Waals surface area contributed by atoms with E-state index in [1.165, 1.54) is 0 Å². The maximum absolute atomic E-state index is 8.28. The summed E-state index contributed by atoms with van der Waals surface area (Å²) < 4.78 is 8.28. The first kappa shape index (κ1) is 8.35. The third-order valence-electron chi connectivity index (χ3n) is 0.800. The summed E-state index contributed by atoms with van der Waals surface area (Å²) in [6.45, 7) is 0. The summed E-state index contributed by atoms with van der Waals surface area (Å²) in [6.07, 6.45) is 0. The molecule has 2 N–H and O–H groups in total. The Labute approximate surface area is 62.3 Å². The molecular weight excluding hydrogens is 129 g/mol. The van der Waals surface area contributed by atoms with Gasteiger partial charge in [-0.25, -0.2) is 0 Å². The molecule has 0 spiro atoms. The van der Waals surface area contributed by atoms with Gasteiger partial charge in [-0.3, -0.25) is 0 Å². The van der Waals surface area contributed by atoms with Crippen molar-refractivity contribution < 1.29 is 3.80 Å². The molecule has 0 fully saturated rings. The quantitative estimate of drug-likeness (QED) is 0.418. The van der Waals surface area contributed by atoms with Gasteiger partial charge < -0.3 is 5.73 Å². The molecule has 0 aromatic heterocycles. The van der Waals surface area contributed by atoms with Gasteiger partial charge in [0.05, 0.1) is 0 Å². The predicted molar refractivity (Wildman–Crippen MR) is 38.7 cm³/mol. The van der Waals surface area contributed by atoms with Crippen molar-refractivity contribution in [2.75, 3.05) is 5.73 Å². The maximum atomic E-state index is 8.28. The minimum absolute atomic E-state index is 0.611. The van der Waals surface area contributed by atoms with Crippen LogP contribution >= 0.6 is 0 Å². The van der Waals surface area contributed by atoms with Crippen LogP contribution < -0.4 is 5.73 Å². The van der Waals surface area contributed by atoms with Crippen LogP contribution in [0.2, 0.25) is 0 Å². The zero-order valence-electron chi connectivity index (χ0n) is 5.08. The van der Waals surface area contributed by atoms with Crippen LogP contribution in [0.5, 0.6) is 0 Å². The van der Waals surface area contributed by atoms with Crippen LogP contribution in [-0.4, -0.2) is 16.2 Å². The summed E-state index contributed by atoms with van der Waals surface area (Å²) in [5, 5.41) is 0. The Morgan fingerprint density at radius 1 is 1.11 bits per heavy atom. The van der Waals surface area contributed by atoms with Crippen LogP contribution in [0.3, 0.4) is 0 Å². The second kappa shape index (κ2) is 5.49. The molecule has 0 amide bonds. The molecule has 0 saturated carbocycles. The summed E-state index contributed by atoms with van der Waals surface area (Å²) in [4.78, 5) is 0. The topological polar surface area (TPSA) is 43.1 Å². The SMILES string of the molecule is Nc1ccccc1.[O]=[AlH]. The molecule has 0 bridgehead atoms. The molecule has 0 aliphatic rings. The molecule has 0 atom stereocenters. The van der Waals surface area contributed by atoms with Crippen molar-refractivity contribution >= 4 is 21.9 Å². The van der Waals surface area contributed by atoms with E-state index in [1.807, 2.05) is 30.3 Å². The van der Waals surface area contributed by atoms with Crippen LogP contribution in [-0.2, 0) is 3.80 Å². The number of hydrogen-bond acceptors (Lipinski definition) is 2. The summed E-state index contributed by atoms with van der Waals surface area (Å²) in [7, 11) is 0. The third kappa shape index (κ3) is 3.90. The first-order valence-electron chi connectivity index (χ1n) is 2.49. The molecule has 0 aliphatic heterocycles. The van der Waals surface area contributed by atoms with Crippen LogP contribution in [0.25, 0.3) is 0 Å².